The highest BCUT2D eigenvalue weighted by Crippen LogP contribution is 2.26. The Kier molecular flexibility index (Phi) is 3.15. The van der Waals surface area contributed by atoms with E-state index in [1.54, 1.807) is 6.92 Å². The van der Waals surface area contributed by atoms with Crippen molar-refractivity contribution in [3.63, 3.8) is 0 Å². The number of carbonyl (C=O) groups excluding carboxylic acids is 1. The van der Waals surface area contributed by atoms with Crippen molar-refractivity contribution in [2.24, 2.45) is 11.0 Å². The maximum absolute atomic E-state index is 12.2. The van der Waals surface area contributed by atoms with E-state index >= 15 is 0 Å². The Bertz CT molecular complexity index is 569. The summed E-state index contributed by atoms with van der Waals surface area (Å²) in [6.07, 6.45) is 0.190. The minimum Gasteiger partial charge on any atom is -0.272 e. The fraction of sp³-hybridized carbons (Fsp3) is 0.357. The Balaban J connectivity index is 2.33. The van der Waals surface area contributed by atoms with Crippen LogP contribution in [0.2, 0.25) is 0 Å². The second kappa shape index (κ2) is 4.61. The molecule has 18 heavy (non-hydrogen) atoms. The third-order valence-electron chi connectivity index (χ3n) is 3.30. The van der Waals surface area contributed by atoms with Crippen LogP contribution in [-0.2, 0) is 4.79 Å². The Hall–Kier alpha value is -2.15. The molecule has 0 N–H and O–H groups in total. The maximum Gasteiger partial charge on any atom is 0.257 e. The van der Waals surface area contributed by atoms with Gasteiger partial charge in [-0.25, -0.2) is 5.01 Å². The van der Waals surface area contributed by atoms with Crippen molar-refractivity contribution in [2.45, 2.75) is 27.2 Å². The molecule has 4 nitrogen and oxygen atoms in total. The van der Waals surface area contributed by atoms with Gasteiger partial charge in [0.1, 0.15) is 0 Å². The molecule has 1 aliphatic heterocycles. The molecule has 1 aromatic rings. The van der Waals surface area contributed by atoms with Gasteiger partial charge < -0.3 is 0 Å². The fourth-order valence-corrected chi connectivity index (χ4v) is 1.97. The highest BCUT2D eigenvalue weighted by Gasteiger charge is 2.34. The number of rotatable bonds is 2. The van der Waals surface area contributed by atoms with E-state index in [-0.39, 0.29) is 12.3 Å². The molecule has 0 radical (unpaired) electrons. The van der Waals surface area contributed by atoms with Crippen LogP contribution in [0.15, 0.2) is 23.3 Å². The van der Waals surface area contributed by atoms with E-state index in [2.05, 4.69) is 5.10 Å². The van der Waals surface area contributed by atoms with Crippen LogP contribution in [0.4, 0.5) is 5.69 Å². The maximum atomic E-state index is 12.2. The highest BCUT2D eigenvalue weighted by molar-refractivity contribution is 6.14. The number of nitriles is 1. The van der Waals surface area contributed by atoms with Gasteiger partial charge in [-0.2, -0.15) is 10.4 Å². The number of aryl methyl sites for hydroxylation is 2. The molecule has 0 fully saturated rings. The Morgan fingerprint density at radius 3 is 2.67 bits per heavy atom. The Labute approximate surface area is 107 Å². The molecule has 0 bridgehead atoms. The summed E-state index contributed by atoms with van der Waals surface area (Å²) in [7, 11) is 0. The van der Waals surface area contributed by atoms with Crippen molar-refractivity contribution >= 4 is 17.3 Å². The van der Waals surface area contributed by atoms with E-state index in [1.807, 2.05) is 38.1 Å². The molecule has 0 spiro atoms. The summed E-state index contributed by atoms with van der Waals surface area (Å²) >= 11 is 0. The average Bonchev–Trinajstić information content (AvgIpc) is 2.61. The van der Waals surface area contributed by atoms with Crippen LogP contribution >= 0.6 is 0 Å². The van der Waals surface area contributed by atoms with E-state index in [0.29, 0.717) is 5.71 Å². The van der Waals surface area contributed by atoms with Gasteiger partial charge in [-0.3, -0.25) is 4.79 Å². The Morgan fingerprint density at radius 2 is 2.06 bits per heavy atom. The molecule has 1 amide bonds. The van der Waals surface area contributed by atoms with Gasteiger partial charge in [0, 0.05) is 5.71 Å². The van der Waals surface area contributed by atoms with Gasteiger partial charge in [0.05, 0.1) is 24.1 Å². The second-order valence-electron chi connectivity index (χ2n) is 4.57. The molecule has 0 saturated heterocycles. The first-order chi connectivity index (χ1) is 8.54. The van der Waals surface area contributed by atoms with Crippen molar-refractivity contribution in [3.8, 4) is 6.07 Å². The molecule has 2 rings (SSSR count). The summed E-state index contributed by atoms with van der Waals surface area (Å²) in [5, 5.41) is 14.4. The van der Waals surface area contributed by atoms with Crippen LogP contribution in [0, 0.1) is 31.1 Å². The standard InChI is InChI=1S/C14H15N3O/c1-9-4-5-12(8-10(9)2)17-14(18)13(6-7-15)11(3)16-17/h4-5,8,13H,6H2,1-3H3. The third kappa shape index (κ3) is 2.00. The number of benzene rings is 1. The van der Waals surface area contributed by atoms with Crippen LogP contribution in [0.5, 0.6) is 0 Å². The first kappa shape index (κ1) is 12.3. The monoisotopic (exact) mass is 241 g/mol. The summed E-state index contributed by atoms with van der Waals surface area (Å²) in [4.78, 5) is 12.2. The molecule has 1 aliphatic rings. The van der Waals surface area contributed by atoms with Crippen LogP contribution in [0.1, 0.15) is 24.5 Å². The number of hydrogen-bond acceptors (Lipinski definition) is 3. The molecule has 92 valence electrons. The zero-order valence-electron chi connectivity index (χ0n) is 10.8. The molecule has 0 saturated carbocycles. The van der Waals surface area contributed by atoms with E-state index in [0.717, 1.165) is 11.3 Å². The number of hydrogen-bond donors (Lipinski definition) is 0. The van der Waals surface area contributed by atoms with Gasteiger partial charge in [-0.15, -0.1) is 0 Å². The molecule has 1 unspecified atom stereocenters. The van der Waals surface area contributed by atoms with Crippen LogP contribution in [-0.4, -0.2) is 11.6 Å². The molecule has 1 atom stereocenters. The summed E-state index contributed by atoms with van der Waals surface area (Å²) < 4.78 is 0. The summed E-state index contributed by atoms with van der Waals surface area (Å²) in [6, 6.07) is 7.83. The lowest BCUT2D eigenvalue weighted by molar-refractivity contribution is -0.119. The molecule has 4 heteroatoms. The van der Waals surface area contributed by atoms with E-state index in [9.17, 15) is 4.79 Å². The van der Waals surface area contributed by atoms with E-state index in [1.165, 1.54) is 10.6 Å². The molecule has 1 heterocycles. The third-order valence-corrected chi connectivity index (χ3v) is 3.30. The fourth-order valence-electron chi connectivity index (χ4n) is 1.97. The Morgan fingerprint density at radius 1 is 1.33 bits per heavy atom. The molecule has 0 aliphatic carbocycles. The lowest BCUT2D eigenvalue weighted by Gasteiger charge is -2.14. The van der Waals surface area contributed by atoms with Crippen molar-refractivity contribution < 1.29 is 4.79 Å². The van der Waals surface area contributed by atoms with Gasteiger partial charge >= 0.3 is 0 Å². The number of hydrazone groups is 1. The molecule has 0 aromatic heterocycles. The van der Waals surface area contributed by atoms with E-state index in [4.69, 9.17) is 5.26 Å². The second-order valence-corrected chi connectivity index (χ2v) is 4.57. The molecular formula is C14H15N3O. The van der Waals surface area contributed by atoms with E-state index < -0.39 is 5.92 Å². The predicted molar refractivity (Wildman–Crippen MR) is 70.2 cm³/mol. The largest absolute Gasteiger partial charge is 0.272 e. The number of carbonyl (C=O) groups is 1. The van der Waals surface area contributed by atoms with Gasteiger partial charge in [0.15, 0.2) is 0 Å². The SMILES string of the molecule is CC1=NN(c2ccc(C)c(C)c2)C(=O)C1CC#N. The van der Waals surface area contributed by atoms with Gasteiger partial charge in [-0.1, -0.05) is 6.07 Å². The first-order valence-corrected chi connectivity index (χ1v) is 5.88. The average molecular weight is 241 g/mol. The van der Waals surface area contributed by atoms with Crippen molar-refractivity contribution in [1.82, 2.24) is 0 Å². The van der Waals surface area contributed by atoms with Gasteiger partial charge in [0.25, 0.3) is 5.91 Å². The summed E-state index contributed by atoms with van der Waals surface area (Å²) in [5.41, 5.74) is 3.78. The van der Waals surface area contributed by atoms with Gasteiger partial charge in [-0.05, 0) is 44.0 Å². The summed E-state index contributed by atoms with van der Waals surface area (Å²) in [5.74, 6) is -0.506. The first-order valence-electron chi connectivity index (χ1n) is 5.88. The van der Waals surface area contributed by atoms with Crippen LogP contribution in [0.3, 0.4) is 0 Å². The van der Waals surface area contributed by atoms with Gasteiger partial charge in [0.2, 0.25) is 0 Å². The molecular weight excluding hydrogens is 226 g/mol. The predicted octanol–water partition coefficient (Wildman–Crippen LogP) is 2.56. The van der Waals surface area contributed by atoms with Crippen molar-refractivity contribution in [3.05, 3.63) is 29.3 Å². The highest BCUT2D eigenvalue weighted by atomic mass is 16.2. The minimum absolute atomic E-state index is 0.114. The van der Waals surface area contributed by atoms with Crippen LogP contribution in [0.25, 0.3) is 0 Å². The smallest absolute Gasteiger partial charge is 0.257 e. The zero-order chi connectivity index (χ0) is 13.3. The number of nitrogens with zero attached hydrogens (tertiary/aromatic N) is 3. The quantitative estimate of drug-likeness (QED) is 0.799. The number of amides is 1. The number of anilines is 1. The lowest BCUT2D eigenvalue weighted by Crippen LogP contribution is -2.26. The zero-order valence-corrected chi connectivity index (χ0v) is 10.8. The van der Waals surface area contributed by atoms with Crippen molar-refractivity contribution in [2.75, 3.05) is 5.01 Å². The van der Waals surface area contributed by atoms with Crippen molar-refractivity contribution in [1.29, 1.82) is 5.26 Å². The molecule has 1 aromatic carbocycles. The minimum atomic E-state index is -0.392. The topological polar surface area (TPSA) is 56.5 Å². The summed E-state index contributed by atoms with van der Waals surface area (Å²) in [6.45, 7) is 5.82. The van der Waals surface area contributed by atoms with Crippen LogP contribution < -0.4 is 5.01 Å². The lowest BCUT2D eigenvalue weighted by atomic mass is 10.0. The normalized spacial score (nSPS) is 18.8.